The summed E-state index contributed by atoms with van der Waals surface area (Å²) in [5.41, 5.74) is 2.03. The molecule has 5 fully saturated rings. The van der Waals surface area contributed by atoms with Crippen LogP contribution in [0.5, 0.6) is 0 Å². The van der Waals surface area contributed by atoms with Gasteiger partial charge in [0.1, 0.15) is 0 Å². The molecule has 1 heterocycles. The number of allylic oxidation sites excluding steroid dienone is 1. The number of hydrogen-bond donors (Lipinski definition) is 2. The van der Waals surface area contributed by atoms with Crippen LogP contribution in [-0.4, -0.2) is 52.3 Å². The number of ketones is 1. The van der Waals surface area contributed by atoms with Gasteiger partial charge in [-0.3, -0.25) is 14.4 Å². The third kappa shape index (κ3) is 4.08. The maximum atomic E-state index is 13.8. The molecule has 0 unspecified atom stereocenters. The lowest BCUT2D eigenvalue weighted by Gasteiger charge is -2.72. The number of hydrogen-bond acceptors (Lipinski definition) is 4. The number of nitrogens with one attached hydrogen (secondary N) is 1. The molecule has 0 aromatic heterocycles. The predicted molar refractivity (Wildman–Crippen MR) is 164 cm³/mol. The zero-order valence-electron chi connectivity index (χ0n) is 27.4. The van der Waals surface area contributed by atoms with E-state index in [-0.39, 0.29) is 51.3 Å². The average Bonchev–Trinajstić information content (AvgIpc) is 3.45. The van der Waals surface area contributed by atoms with Gasteiger partial charge in [-0.05, 0) is 114 Å². The van der Waals surface area contributed by atoms with E-state index >= 15 is 0 Å². The average molecular weight is 581 g/mol. The van der Waals surface area contributed by atoms with Gasteiger partial charge in [0.15, 0.2) is 5.78 Å². The molecule has 0 aromatic carbocycles. The molecular weight excluding hydrogens is 524 g/mol. The second-order valence-electron chi connectivity index (χ2n) is 16.9. The number of amides is 2. The normalized spacial score (nSPS) is 44.5. The van der Waals surface area contributed by atoms with E-state index < -0.39 is 5.54 Å². The van der Waals surface area contributed by atoms with E-state index in [9.17, 15) is 19.5 Å². The molecule has 1 aliphatic heterocycles. The Balaban J connectivity index is 1.33. The van der Waals surface area contributed by atoms with Gasteiger partial charge in [0.05, 0.1) is 11.6 Å². The zero-order valence-corrected chi connectivity index (χ0v) is 27.4. The topological polar surface area (TPSA) is 86.7 Å². The summed E-state index contributed by atoms with van der Waals surface area (Å²) in [7, 11) is 0. The number of aliphatic hydroxyl groups is 1. The maximum Gasteiger partial charge on any atom is 0.222 e. The van der Waals surface area contributed by atoms with Crippen LogP contribution in [0.15, 0.2) is 11.1 Å². The molecule has 0 bridgehead atoms. The monoisotopic (exact) mass is 580 g/mol. The Labute approximate surface area is 253 Å². The number of fused-ring (bicyclic) bond motifs is 7. The summed E-state index contributed by atoms with van der Waals surface area (Å²) in [6, 6.07) is 0. The van der Waals surface area contributed by atoms with Crippen molar-refractivity contribution in [1.29, 1.82) is 0 Å². The van der Waals surface area contributed by atoms with Crippen LogP contribution < -0.4 is 5.32 Å². The van der Waals surface area contributed by atoms with Crippen molar-refractivity contribution < 1.29 is 19.5 Å². The number of Topliss-reactive ketones (excluding diaryl/α,β-unsaturated/α-hetero) is 1. The molecule has 2 N–H and O–H groups in total. The molecule has 6 nitrogen and oxygen atoms in total. The molecule has 0 aromatic rings. The van der Waals surface area contributed by atoms with Gasteiger partial charge < -0.3 is 15.3 Å². The van der Waals surface area contributed by atoms with Crippen molar-refractivity contribution in [3.8, 4) is 0 Å². The fourth-order valence-electron chi connectivity index (χ4n) is 12.2. The van der Waals surface area contributed by atoms with Gasteiger partial charge in [0, 0.05) is 32.4 Å². The Hall–Kier alpha value is -1.69. The Morgan fingerprint density at radius 2 is 1.69 bits per heavy atom. The smallest absolute Gasteiger partial charge is 0.222 e. The van der Waals surface area contributed by atoms with Crippen molar-refractivity contribution in [1.82, 2.24) is 10.2 Å². The number of likely N-dealkylation sites (tertiary alicyclic amines) is 1. The Morgan fingerprint density at radius 3 is 2.36 bits per heavy atom. The second-order valence-corrected chi connectivity index (χ2v) is 16.9. The van der Waals surface area contributed by atoms with E-state index in [4.69, 9.17) is 0 Å². The molecule has 0 radical (unpaired) electrons. The maximum absolute atomic E-state index is 13.8. The Bertz CT molecular complexity index is 1200. The SMILES string of the molecule is CC(C)C1=C2[C@H]3CC[C@@H]4[C@@]5(C)CC[C@H](O)C(C)(C)[C@@H]5CC[C@@]4(C)[C@]3(C)CC[C@@]2(NC(=O)CCN2CCCC2=O)CC1=O. The first kappa shape index (κ1) is 30.3. The molecule has 1 saturated heterocycles. The summed E-state index contributed by atoms with van der Waals surface area (Å²) in [5.74, 6) is 1.90. The minimum atomic E-state index is -0.575. The number of carbonyl (C=O) groups is 3. The molecule has 4 saturated carbocycles. The van der Waals surface area contributed by atoms with Crippen molar-refractivity contribution in [2.75, 3.05) is 13.1 Å². The van der Waals surface area contributed by atoms with Gasteiger partial charge in [-0.15, -0.1) is 0 Å². The van der Waals surface area contributed by atoms with Gasteiger partial charge in [-0.25, -0.2) is 0 Å². The van der Waals surface area contributed by atoms with Crippen molar-refractivity contribution >= 4 is 17.6 Å². The molecule has 234 valence electrons. The predicted octanol–water partition coefficient (Wildman–Crippen LogP) is 6.21. The van der Waals surface area contributed by atoms with Gasteiger partial charge in [0.2, 0.25) is 11.8 Å². The van der Waals surface area contributed by atoms with Crippen molar-refractivity contribution in [2.45, 2.75) is 137 Å². The van der Waals surface area contributed by atoms with E-state index in [1.807, 2.05) is 4.90 Å². The first-order valence-electron chi connectivity index (χ1n) is 17.2. The standard InChI is InChI=1S/C36H56N2O4/c1-22(2)30-24(39)21-36(37-28(41)14-20-38-19-8-9-29(38)42)18-17-34(6)23(31(30)36)10-11-26-33(5)15-13-27(40)32(3,4)25(33)12-16-35(26,34)7/h22-23,25-27,40H,8-21H2,1-7H3,(H,37,41)/t23-,25+,26-,27+,33+,34-,35-,36-/m1/s1. The van der Waals surface area contributed by atoms with E-state index in [1.54, 1.807) is 0 Å². The number of aliphatic hydroxyl groups excluding tert-OH is 1. The third-order valence-corrected chi connectivity index (χ3v) is 14.6. The fourth-order valence-corrected chi connectivity index (χ4v) is 12.2. The van der Waals surface area contributed by atoms with Crippen molar-refractivity contribution in [3.63, 3.8) is 0 Å². The molecule has 42 heavy (non-hydrogen) atoms. The van der Waals surface area contributed by atoms with E-state index in [0.29, 0.717) is 43.6 Å². The molecule has 6 heteroatoms. The molecule has 8 atom stereocenters. The first-order valence-corrected chi connectivity index (χ1v) is 17.2. The van der Waals surface area contributed by atoms with Gasteiger partial charge in [-0.2, -0.15) is 0 Å². The minimum Gasteiger partial charge on any atom is -0.393 e. The van der Waals surface area contributed by atoms with Crippen LogP contribution in [0.25, 0.3) is 0 Å². The van der Waals surface area contributed by atoms with Crippen LogP contribution >= 0.6 is 0 Å². The highest BCUT2D eigenvalue weighted by atomic mass is 16.3. The molecular formula is C36H56N2O4. The van der Waals surface area contributed by atoms with Crippen LogP contribution in [-0.2, 0) is 14.4 Å². The largest absolute Gasteiger partial charge is 0.393 e. The van der Waals surface area contributed by atoms with Crippen LogP contribution in [0.4, 0.5) is 0 Å². The number of rotatable bonds is 5. The minimum absolute atomic E-state index is 0.0236. The van der Waals surface area contributed by atoms with E-state index in [0.717, 1.165) is 63.5 Å². The molecule has 0 spiro atoms. The first-order chi connectivity index (χ1) is 19.6. The summed E-state index contributed by atoms with van der Waals surface area (Å²) in [6.45, 7) is 17.8. The van der Waals surface area contributed by atoms with Crippen LogP contribution in [0, 0.1) is 45.3 Å². The van der Waals surface area contributed by atoms with Crippen molar-refractivity contribution in [3.05, 3.63) is 11.1 Å². The quantitative estimate of drug-likeness (QED) is 0.405. The Morgan fingerprint density at radius 1 is 0.952 bits per heavy atom. The lowest BCUT2D eigenvalue weighted by molar-refractivity contribution is -0.227. The highest BCUT2D eigenvalue weighted by Crippen LogP contribution is 2.75. The zero-order chi connectivity index (χ0) is 30.5. The van der Waals surface area contributed by atoms with E-state index in [1.165, 1.54) is 12.0 Å². The molecule has 6 aliphatic rings. The fraction of sp³-hybridized carbons (Fsp3) is 0.861. The lowest BCUT2D eigenvalue weighted by Crippen LogP contribution is -2.67. The lowest BCUT2D eigenvalue weighted by atomic mass is 9.33. The summed E-state index contributed by atoms with van der Waals surface area (Å²) in [5, 5.41) is 14.5. The van der Waals surface area contributed by atoms with Crippen LogP contribution in [0.2, 0.25) is 0 Å². The number of carbonyl (C=O) groups excluding carboxylic acids is 3. The van der Waals surface area contributed by atoms with Gasteiger partial charge in [0.25, 0.3) is 0 Å². The van der Waals surface area contributed by atoms with Crippen LogP contribution in [0.1, 0.15) is 126 Å². The molecule has 6 rings (SSSR count). The third-order valence-electron chi connectivity index (χ3n) is 14.6. The summed E-state index contributed by atoms with van der Waals surface area (Å²) in [4.78, 5) is 41.3. The van der Waals surface area contributed by atoms with Gasteiger partial charge in [-0.1, -0.05) is 48.5 Å². The van der Waals surface area contributed by atoms with Crippen molar-refractivity contribution in [2.24, 2.45) is 45.3 Å². The summed E-state index contributed by atoms with van der Waals surface area (Å²) < 4.78 is 0. The number of nitrogens with zero attached hydrogens (tertiary/aromatic N) is 1. The van der Waals surface area contributed by atoms with E-state index in [2.05, 4.69) is 53.8 Å². The summed E-state index contributed by atoms with van der Waals surface area (Å²) >= 11 is 0. The molecule has 5 aliphatic carbocycles. The second kappa shape index (κ2) is 9.91. The van der Waals surface area contributed by atoms with Gasteiger partial charge >= 0.3 is 0 Å². The molecule has 2 amide bonds. The highest BCUT2D eigenvalue weighted by Gasteiger charge is 2.70. The Kier molecular flexibility index (Phi) is 7.16. The van der Waals surface area contributed by atoms with Crippen LogP contribution in [0.3, 0.4) is 0 Å². The highest BCUT2D eigenvalue weighted by molar-refractivity contribution is 6.02. The summed E-state index contributed by atoms with van der Waals surface area (Å²) in [6.07, 6.45) is 10.3.